The third kappa shape index (κ3) is 3.12. The second kappa shape index (κ2) is 6.50. The zero-order valence-corrected chi connectivity index (χ0v) is 13.1. The summed E-state index contributed by atoms with van der Waals surface area (Å²) in [6.07, 6.45) is 2.24. The maximum Gasteiger partial charge on any atom is 0.359 e. The first-order chi connectivity index (χ1) is 11.1. The van der Waals surface area contributed by atoms with Gasteiger partial charge in [0.2, 0.25) is 0 Å². The molecule has 122 valence electrons. The highest BCUT2D eigenvalue weighted by Crippen LogP contribution is 2.28. The van der Waals surface area contributed by atoms with E-state index in [-0.39, 0.29) is 23.9 Å². The van der Waals surface area contributed by atoms with Crippen LogP contribution < -0.4 is 0 Å². The van der Waals surface area contributed by atoms with Crippen LogP contribution in [0.4, 0.5) is 4.39 Å². The Morgan fingerprint density at radius 3 is 2.65 bits per heavy atom. The third-order valence-electron chi connectivity index (χ3n) is 4.25. The first kappa shape index (κ1) is 15.7. The van der Waals surface area contributed by atoms with Gasteiger partial charge in [0.1, 0.15) is 6.10 Å². The number of hydrogen-bond acceptors (Lipinski definition) is 4. The van der Waals surface area contributed by atoms with Crippen molar-refractivity contribution in [2.45, 2.75) is 38.0 Å². The van der Waals surface area contributed by atoms with E-state index in [0.717, 1.165) is 11.8 Å². The number of hydrogen-bond donors (Lipinski definition) is 0. The van der Waals surface area contributed by atoms with Gasteiger partial charge in [-0.15, -0.1) is 0 Å². The highest BCUT2D eigenvalue weighted by Gasteiger charge is 2.34. The van der Waals surface area contributed by atoms with Crippen LogP contribution in [0.1, 0.15) is 41.9 Å². The van der Waals surface area contributed by atoms with E-state index in [1.165, 1.54) is 4.68 Å². The number of rotatable bonds is 5. The Balaban J connectivity index is 1.77. The number of aromatic nitrogens is 2. The Kier molecular flexibility index (Phi) is 4.43. The van der Waals surface area contributed by atoms with Crippen molar-refractivity contribution in [2.24, 2.45) is 0 Å². The second-order valence-electron chi connectivity index (χ2n) is 5.73. The highest BCUT2D eigenvalue weighted by atomic mass is 19.1. The van der Waals surface area contributed by atoms with Crippen LogP contribution in [-0.2, 0) is 9.47 Å². The molecule has 1 aromatic carbocycles. The number of ether oxygens (including phenoxy) is 2. The highest BCUT2D eigenvalue weighted by molar-refractivity contribution is 5.88. The predicted octanol–water partition coefficient (Wildman–Crippen LogP) is 2.97. The van der Waals surface area contributed by atoms with Crippen LogP contribution in [0.3, 0.4) is 0 Å². The molecule has 5 nitrogen and oxygen atoms in total. The molecule has 6 heteroatoms. The Morgan fingerprint density at radius 1 is 1.30 bits per heavy atom. The van der Waals surface area contributed by atoms with Crippen molar-refractivity contribution in [2.75, 3.05) is 7.11 Å². The van der Waals surface area contributed by atoms with Gasteiger partial charge in [0.05, 0.1) is 18.3 Å². The average molecular weight is 318 g/mol. The van der Waals surface area contributed by atoms with Crippen LogP contribution in [0, 0.1) is 5.82 Å². The van der Waals surface area contributed by atoms with Crippen molar-refractivity contribution in [3.8, 4) is 0 Å². The normalized spacial score (nSPS) is 21.5. The fourth-order valence-electron chi connectivity index (χ4n) is 2.71. The lowest BCUT2D eigenvalue weighted by molar-refractivity contribution is -0.0647. The first-order valence-electron chi connectivity index (χ1n) is 7.62. The summed E-state index contributed by atoms with van der Waals surface area (Å²) in [6, 6.07) is 9.24. The van der Waals surface area contributed by atoms with Gasteiger partial charge in [-0.3, -0.25) is 0 Å². The minimum atomic E-state index is -0.678. The molecule has 0 spiro atoms. The molecule has 0 radical (unpaired) electrons. The molecule has 3 rings (SSSR count). The van der Waals surface area contributed by atoms with Crippen LogP contribution in [0.25, 0.3) is 0 Å². The van der Waals surface area contributed by atoms with Crippen LogP contribution in [0.15, 0.2) is 36.5 Å². The molecule has 1 heterocycles. The van der Waals surface area contributed by atoms with Crippen molar-refractivity contribution >= 4 is 5.97 Å². The maximum atomic E-state index is 14.0. The molecule has 1 fully saturated rings. The second-order valence-corrected chi connectivity index (χ2v) is 5.73. The summed E-state index contributed by atoms with van der Waals surface area (Å²) >= 11 is 0. The van der Waals surface area contributed by atoms with Gasteiger partial charge in [-0.05, 0) is 12.5 Å². The number of nitrogens with zero attached hydrogens (tertiary/aromatic N) is 2. The van der Waals surface area contributed by atoms with Crippen molar-refractivity contribution in [3.05, 3.63) is 53.6 Å². The fraction of sp³-hybridized carbons (Fsp3) is 0.412. The van der Waals surface area contributed by atoms with E-state index in [0.29, 0.717) is 12.8 Å². The lowest BCUT2D eigenvalue weighted by Crippen LogP contribution is -2.38. The van der Waals surface area contributed by atoms with E-state index >= 15 is 0 Å². The number of carbonyl (C=O) groups is 1. The zero-order chi connectivity index (χ0) is 16.4. The number of esters is 1. The molecule has 2 aromatic rings. The molecular formula is C17H19FN2O3. The van der Waals surface area contributed by atoms with Crippen molar-refractivity contribution in [1.82, 2.24) is 9.78 Å². The zero-order valence-electron chi connectivity index (χ0n) is 13.1. The molecule has 1 aliphatic carbocycles. The van der Waals surface area contributed by atoms with E-state index in [4.69, 9.17) is 9.47 Å². The number of carbonyl (C=O) groups excluding carboxylic acids is 1. The van der Waals surface area contributed by atoms with Gasteiger partial charge >= 0.3 is 5.97 Å². The molecule has 1 aromatic heterocycles. The van der Waals surface area contributed by atoms with Crippen molar-refractivity contribution < 1.29 is 18.7 Å². The Bertz CT molecular complexity index is 680. The largest absolute Gasteiger partial charge is 0.457 e. The van der Waals surface area contributed by atoms with Crippen LogP contribution in [0.5, 0.6) is 0 Å². The van der Waals surface area contributed by atoms with E-state index < -0.39 is 11.8 Å². The van der Waals surface area contributed by atoms with Crippen LogP contribution >= 0.6 is 0 Å². The number of halogens is 1. The molecule has 0 N–H and O–H groups in total. The molecule has 1 aliphatic rings. The van der Waals surface area contributed by atoms with Gasteiger partial charge in [-0.2, -0.15) is 5.10 Å². The molecule has 0 unspecified atom stereocenters. The lowest BCUT2D eigenvalue weighted by Gasteiger charge is -2.33. The van der Waals surface area contributed by atoms with Gasteiger partial charge in [-0.25, -0.2) is 13.9 Å². The summed E-state index contributed by atoms with van der Waals surface area (Å²) in [5.74, 6) is -1.34. The standard InChI is InChI=1S/C17H19FN2O3/c1-11(12-6-4-3-5-7-12)20-16(15(18)10-19-20)17(21)23-14-8-13(9-14)22-2/h3-7,10-11,13-14H,8-9H2,1-2H3/t11-,13-,14+/m1/s1. The summed E-state index contributed by atoms with van der Waals surface area (Å²) < 4.78 is 25.9. The number of methoxy groups -OCH3 is 1. The molecule has 0 saturated heterocycles. The Morgan fingerprint density at radius 2 is 2.00 bits per heavy atom. The lowest BCUT2D eigenvalue weighted by atomic mass is 9.92. The summed E-state index contributed by atoms with van der Waals surface area (Å²) in [5, 5.41) is 4.01. The van der Waals surface area contributed by atoms with E-state index in [1.807, 2.05) is 37.3 Å². The smallest absolute Gasteiger partial charge is 0.359 e. The summed E-state index contributed by atoms with van der Waals surface area (Å²) in [4.78, 5) is 12.3. The van der Waals surface area contributed by atoms with Gasteiger partial charge < -0.3 is 9.47 Å². The third-order valence-corrected chi connectivity index (χ3v) is 4.25. The summed E-state index contributed by atoms with van der Waals surface area (Å²) in [6.45, 7) is 1.86. The van der Waals surface area contributed by atoms with Gasteiger partial charge in [0.15, 0.2) is 11.5 Å². The molecule has 23 heavy (non-hydrogen) atoms. The monoisotopic (exact) mass is 318 g/mol. The van der Waals surface area contributed by atoms with Gasteiger partial charge in [-0.1, -0.05) is 30.3 Å². The minimum absolute atomic E-state index is 0.116. The molecule has 1 saturated carbocycles. The Hall–Kier alpha value is -2.21. The van der Waals surface area contributed by atoms with E-state index in [2.05, 4.69) is 5.10 Å². The molecule has 0 amide bonds. The molecule has 0 aliphatic heterocycles. The molecule has 0 bridgehead atoms. The van der Waals surface area contributed by atoms with Crippen LogP contribution in [0.2, 0.25) is 0 Å². The summed E-state index contributed by atoms with van der Waals surface area (Å²) in [5.41, 5.74) is 0.801. The topological polar surface area (TPSA) is 53.4 Å². The van der Waals surface area contributed by atoms with Gasteiger partial charge in [0.25, 0.3) is 0 Å². The predicted molar refractivity (Wildman–Crippen MR) is 81.7 cm³/mol. The van der Waals surface area contributed by atoms with Crippen molar-refractivity contribution in [1.29, 1.82) is 0 Å². The molecule has 1 atom stereocenters. The number of benzene rings is 1. The molecular weight excluding hydrogens is 299 g/mol. The quantitative estimate of drug-likeness (QED) is 0.795. The average Bonchev–Trinajstić information content (AvgIpc) is 2.92. The van der Waals surface area contributed by atoms with E-state index in [9.17, 15) is 9.18 Å². The first-order valence-corrected chi connectivity index (χ1v) is 7.62. The summed E-state index contributed by atoms with van der Waals surface area (Å²) in [7, 11) is 1.62. The SMILES string of the molecule is CO[C@H]1C[C@@H](OC(=O)c2c(F)cnn2[C@H](C)c2ccccc2)C1. The van der Waals surface area contributed by atoms with Crippen LogP contribution in [-0.4, -0.2) is 35.1 Å². The van der Waals surface area contributed by atoms with Crippen molar-refractivity contribution in [3.63, 3.8) is 0 Å². The Labute approximate surface area is 134 Å². The fourth-order valence-corrected chi connectivity index (χ4v) is 2.71. The minimum Gasteiger partial charge on any atom is -0.457 e. The maximum absolute atomic E-state index is 14.0. The van der Waals surface area contributed by atoms with E-state index in [1.54, 1.807) is 7.11 Å². The van der Waals surface area contributed by atoms with Gasteiger partial charge in [0, 0.05) is 20.0 Å².